The van der Waals surface area contributed by atoms with Gasteiger partial charge in [-0.2, -0.15) is 0 Å². The van der Waals surface area contributed by atoms with Crippen molar-refractivity contribution in [3.8, 4) is 11.5 Å². The van der Waals surface area contributed by atoms with Crippen molar-refractivity contribution in [3.63, 3.8) is 0 Å². The van der Waals surface area contributed by atoms with Crippen LogP contribution in [0.1, 0.15) is 19.4 Å². The normalized spacial score (nSPS) is 13.3. The number of nitrogens with one attached hydrogen (secondary N) is 1. The van der Waals surface area contributed by atoms with Gasteiger partial charge in [0.2, 0.25) is 12.7 Å². The van der Waals surface area contributed by atoms with Crippen LogP contribution >= 0.6 is 0 Å². The van der Waals surface area contributed by atoms with Crippen molar-refractivity contribution < 1.29 is 14.3 Å². The number of ether oxygens (including phenoxy) is 2. The molecule has 0 aromatic heterocycles. The van der Waals surface area contributed by atoms with E-state index < -0.39 is 0 Å². The van der Waals surface area contributed by atoms with Gasteiger partial charge in [0.1, 0.15) is 0 Å². The van der Waals surface area contributed by atoms with Crippen LogP contribution in [-0.4, -0.2) is 19.2 Å². The molecule has 0 aliphatic carbocycles. The molecule has 1 aromatic rings. The number of hydrogen-bond donors (Lipinski definition) is 1. The number of carbonyl (C=O) groups excluding carboxylic acids is 1. The summed E-state index contributed by atoms with van der Waals surface area (Å²) in [6.07, 6.45) is 3.29. The molecule has 0 atom stereocenters. The van der Waals surface area contributed by atoms with E-state index in [1.165, 1.54) is 6.08 Å². The molecule has 4 heteroatoms. The zero-order valence-electron chi connectivity index (χ0n) is 10.6. The molecule has 1 aliphatic heterocycles. The number of benzene rings is 1. The Morgan fingerprint density at radius 3 is 2.94 bits per heavy atom. The molecule has 0 saturated heterocycles. The van der Waals surface area contributed by atoms with Crippen LogP contribution in [0.3, 0.4) is 0 Å². The van der Waals surface area contributed by atoms with Gasteiger partial charge in [0.15, 0.2) is 11.5 Å². The molecule has 4 nitrogen and oxygen atoms in total. The molecule has 1 N–H and O–H groups in total. The molecule has 0 spiro atoms. The SMILES string of the molecule is CC(C)CNC(=O)/C=C/c1ccc2c(c1)OCO2. The van der Waals surface area contributed by atoms with E-state index in [0.29, 0.717) is 12.5 Å². The Labute approximate surface area is 107 Å². The second-order valence-electron chi connectivity index (χ2n) is 4.59. The quantitative estimate of drug-likeness (QED) is 0.830. The van der Waals surface area contributed by atoms with Crippen LogP contribution < -0.4 is 14.8 Å². The van der Waals surface area contributed by atoms with Crippen LogP contribution in [0, 0.1) is 5.92 Å². The number of fused-ring (bicyclic) bond motifs is 1. The number of carbonyl (C=O) groups is 1. The molecule has 0 unspecified atom stereocenters. The molecule has 1 amide bonds. The van der Waals surface area contributed by atoms with Crippen molar-refractivity contribution in [3.05, 3.63) is 29.8 Å². The predicted octanol–water partition coefficient (Wildman–Crippen LogP) is 2.20. The van der Waals surface area contributed by atoms with Gasteiger partial charge in [-0.05, 0) is 29.7 Å². The third kappa shape index (κ3) is 3.26. The first-order valence-electron chi connectivity index (χ1n) is 6.00. The fraction of sp³-hybridized carbons (Fsp3) is 0.357. The number of hydrogen-bond acceptors (Lipinski definition) is 3. The average molecular weight is 247 g/mol. The van der Waals surface area contributed by atoms with E-state index in [1.54, 1.807) is 6.08 Å². The first-order chi connectivity index (χ1) is 8.65. The molecule has 0 saturated carbocycles. The zero-order valence-corrected chi connectivity index (χ0v) is 10.6. The Morgan fingerprint density at radius 2 is 2.17 bits per heavy atom. The third-order valence-corrected chi connectivity index (χ3v) is 2.51. The van der Waals surface area contributed by atoms with E-state index in [9.17, 15) is 4.79 Å². The molecule has 18 heavy (non-hydrogen) atoms. The lowest BCUT2D eigenvalue weighted by Crippen LogP contribution is -2.25. The highest BCUT2D eigenvalue weighted by atomic mass is 16.7. The summed E-state index contributed by atoms with van der Waals surface area (Å²) in [5, 5.41) is 2.82. The van der Waals surface area contributed by atoms with E-state index in [-0.39, 0.29) is 12.7 Å². The molecular formula is C14H17NO3. The summed E-state index contributed by atoms with van der Waals surface area (Å²) < 4.78 is 10.5. The molecule has 2 rings (SSSR count). The van der Waals surface area contributed by atoms with Crippen LogP contribution in [-0.2, 0) is 4.79 Å². The smallest absolute Gasteiger partial charge is 0.244 e. The zero-order chi connectivity index (χ0) is 13.0. The van der Waals surface area contributed by atoms with Gasteiger partial charge in [0.25, 0.3) is 0 Å². The summed E-state index contributed by atoms with van der Waals surface area (Å²) in [4.78, 5) is 11.5. The van der Waals surface area contributed by atoms with Crippen molar-refractivity contribution in [2.24, 2.45) is 5.92 Å². The molecule has 1 aliphatic rings. The van der Waals surface area contributed by atoms with Gasteiger partial charge >= 0.3 is 0 Å². The van der Waals surface area contributed by atoms with E-state index in [0.717, 1.165) is 17.1 Å². The summed E-state index contributed by atoms with van der Waals surface area (Å²) in [7, 11) is 0. The fourth-order valence-corrected chi connectivity index (χ4v) is 1.55. The van der Waals surface area contributed by atoms with Gasteiger partial charge in [-0.3, -0.25) is 4.79 Å². The van der Waals surface area contributed by atoms with Crippen molar-refractivity contribution in [1.29, 1.82) is 0 Å². The summed E-state index contributed by atoms with van der Waals surface area (Å²) in [5.41, 5.74) is 0.916. The molecule has 0 fully saturated rings. The lowest BCUT2D eigenvalue weighted by atomic mass is 10.2. The molecule has 1 aromatic carbocycles. The van der Waals surface area contributed by atoms with Gasteiger partial charge in [-0.1, -0.05) is 19.9 Å². The minimum atomic E-state index is -0.0821. The van der Waals surface area contributed by atoms with Crippen LogP contribution in [0.15, 0.2) is 24.3 Å². The van der Waals surface area contributed by atoms with Crippen LogP contribution in [0.25, 0.3) is 6.08 Å². The van der Waals surface area contributed by atoms with E-state index in [4.69, 9.17) is 9.47 Å². The van der Waals surface area contributed by atoms with E-state index >= 15 is 0 Å². The summed E-state index contributed by atoms with van der Waals surface area (Å²) in [6, 6.07) is 5.59. The predicted molar refractivity (Wildman–Crippen MR) is 69.4 cm³/mol. The van der Waals surface area contributed by atoms with Gasteiger partial charge in [0.05, 0.1) is 0 Å². The highest BCUT2D eigenvalue weighted by Gasteiger charge is 2.12. The van der Waals surface area contributed by atoms with Crippen molar-refractivity contribution >= 4 is 12.0 Å². The summed E-state index contributed by atoms with van der Waals surface area (Å²) in [5.74, 6) is 1.84. The van der Waals surface area contributed by atoms with E-state index in [2.05, 4.69) is 19.2 Å². The van der Waals surface area contributed by atoms with Gasteiger partial charge in [-0.15, -0.1) is 0 Å². The highest BCUT2D eigenvalue weighted by molar-refractivity contribution is 5.91. The van der Waals surface area contributed by atoms with Crippen molar-refractivity contribution in [1.82, 2.24) is 5.32 Å². The standard InChI is InChI=1S/C14H17NO3/c1-10(2)8-15-14(16)6-4-11-3-5-12-13(7-11)18-9-17-12/h3-7,10H,8-9H2,1-2H3,(H,15,16)/b6-4+. The molecular weight excluding hydrogens is 230 g/mol. The number of rotatable bonds is 4. The topological polar surface area (TPSA) is 47.6 Å². The van der Waals surface area contributed by atoms with Crippen molar-refractivity contribution in [2.45, 2.75) is 13.8 Å². The lowest BCUT2D eigenvalue weighted by molar-refractivity contribution is -0.116. The maximum Gasteiger partial charge on any atom is 0.244 e. The molecule has 1 heterocycles. The largest absolute Gasteiger partial charge is 0.454 e. The highest BCUT2D eigenvalue weighted by Crippen LogP contribution is 2.32. The molecule has 96 valence electrons. The second kappa shape index (κ2) is 5.58. The van der Waals surface area contributed by atoms with Gasteiger partial charge < -0.3 is 14.8 Å². The third-order valence-electron chi connectivity index (χ3n) is 2.51. The minimum Gasteiger partial charge on any atom is -0.454 e. The first kappa shape index (κ1) is 12.5. The van der Waals surface area contributed by atoms with E-state index in [1.807, 2.05) is 18.2 Å². The number of amides is 1. The first-order valence-corrected chi connectivity index (χ1v) is 6.00. The Hall–Kier alpha value is -1.97. The van der Waals surface area contributed by atoms with Crippen LogP contribution in [0.5, 0.6) is 11.5 Å². The monoisotopic (exact) mass is 247 g/mol. The molecule has 0 bridgehead atoms. The Morgan fingerprint density at radius 1 is 1.39 bits per heavy atom. The maximum absolute atomic E-state index is 11.5. The second-order valence-corrected chi connectivity index (χ2v) is 4.59. The fourth-order valence-electron chi connectivity index (χ4n) is 1.55. The van der Waals surface area contributed by atoms with Crippen LogP contribution in [0.4, 0.5) is 0 Å². The minimum absolute atomic E-state index is 0.0821. The summed E-state index contributed by atoms with van der Waals surface area (Å²) >= 11 is 0. The Kier molecular flexibility index (Phi) is 3.87. The average Bonchev–Trinajstić information content (AvgIpc) is 2.81. The maximum atomic E-state index is 11.5. The Bertz CT molecular complexity index is 466. The van der Waals surface area contributed by atoms with Gasteiger partial charge in [-0.25, -0.2) is 0 Å². The van der Waals surface area contributed by atoms with Gasteiger partial charge in [0, 0.05) is 12.6 Å². The molecule has 0 radical (unpaired) electrons. The van der Waals surface area contributed by atoms with Crippen molar-refractivity contribution in [2.75, 3.05) is 13.3 Å². The lowest BCUT2D eigenvalue weighted by Gasteiger charge is -2.04. The Balaban J connectivity index is 1.94. The summed E-state index contributed by atoms with van der Waals surface area (Å²) in [6.45, 7) is 5.06. The van der Waals surface area contributed by atoms with Crippen LogP contribution in [0.2, 0.25) is 0 Å².